The van der Waals surface area contributed by atoms with Crippen LogP contribution in [0.25, 0.3) is 0 Å². The average molecular weight is 292 g/mol. The number of dihydropyridines is 1. The predicted molar refractivity (Wildman–Crippen MR) is 76.8 cm³/mol. The normalized spacial score (nSPS) is 21.9. The molecule has 7 heteroatoms. The van der Waals surface area contributed by atoms with Gasteiger partial charge in [-0.15, -0.1) is 0 Å². The Hall–Kier alpha value is -2.31. The second kappa shape index (κ2) is 7.47. The highest BCUT2D eigenvalue weighted by molar-refractivity contribution is 5.89. The highest BCUT2D eigenvalue weighted by Crippen LogP contribution is 2.11. The molecule has 1 fully saturated rings. The molecule has 21 heavy (non-hydrogen) atoms. The third-order valence-corrected chi connectivity index (χ3v) is 3.49. The zero-order valence-electron chi connectivity index (χ0n) is 11.8. The molecule has 3 N–H and O–H groups in total. The van der Waals surface area contributed by atoms with Crippen LogP contribution in [0.1, 0.15) is 19.3 Å². The van der Waals surface area contributed by atoms with E-state index < -0.39 is 6.04 Å². The van der Waals surface area contributed by atoms with E-state index in [1.807, 2.05) is 6.08 Å². The first-order valence-electron chi connectivity index (χ1n) is 7.09. The molecule has 0 aromatic carbocycles. The number of likely N-dealkylation sites (tertiary alicyclic amines) is 1. The van der Waals surface area contributed by atoms with Crippen LogP contribution in [0.3, 0.4) is 0 Å². The van der Waals surface area contributed by atoms with Crippen molar-refractivity contribution < 1.29 is 14.4 Å². The van der Waals surface area contributed by atoms with E-state index in [1.165, 1.54) is 4.90 Å². The summed E-state index contributed by atoms with van der Waals surface area (Å²) in [5.74, 6) is -0.419. The summed E-state index contributed by atoms with van der Waals surface area (Å²) in [7, 11) is 0. The number of rotatable bonds is 5. The number of hydrogen-bond donors (Lipinski definition) is 3. The number of carbonyl (C=O) groups excluding carboxylic acids is 3. The summed E-state index contributed by atoms with van der Waals surface area (Å²) in [5, 5.41) is 8.28. The number of nitrogens with zero attached hydrogens (tertiary/aromatic N) is 1. The number of nitrogens with one attached hydrogen (secondary N) is 3. The minimum atomic E-state index is -0.518. The van der Waals surface area contributed by atoms with Gasteiger partial charge in [-0.25, -0.2) is 0 Å². The lowest BCUT2D eigenvalue weighted by Gasteiger charge is -2.23. The lowest BCUT2D eigenvalue weighted by molar-refractivity contribution is -0.137. The van der Waals surface area contributed by atoms with Crippen molar-refractivity contribution in [2.45, 2.75) is 25.3 Å². The maximum absolute atomic E-state index is 12.2. The molecular formula is C14H20N4O3. The van der Waals surface area contributed by atoms with Gasteiger partial charge in [0.15, 0.2) is 0 Å². The van der Waals surface area contributed by atoms with E-state index in [-0.39, 0.29) is 18.4 Å². The zero-order valence-corrected chi connectivity index (χ0v) is 11.8. The predicted octanol–water partition coefficient (Wildman–Crippen LogP) is -0.769. The molecule has 2 aliphatic heterocycles. The van der Waals surface area contributed by atoms with Crippen molar-refractivity contribution >= 4 is 18.2 Å². The minimum Gasteiger partial charge on any atom is -0.387 e. The van der Waals surface area contributed by atoms with E-state index in [1.54, 1.807) is 12.3 Å². The Labute approximate surface area is 123 Å². The van der Waals surface area contributed by atoms with Crippen molar-refractivity contribution in [2.24, 2.45) is 0 Å². The maximum atomic E-state index is 12.2. The Morgan fingerprint density at radius 1 is 1.48 bits per heavy atom. The lowest BCUT2D eigenvalue weighted by atomic mass is 10.1. The van der Waals surface area contributed by atoms with Gasteiger partial charge in [0.2, 0.25) is 18.2 Å². The van der Waals surface area contributed by atoms with Gasteiger partial charge in [0, 0.05) is 18.8 Å². The van der Waals surface area contributed by atoms with Gasteiger partial charge in [0.05, 0.1) is 6.54 Å². The van der Waals surface area contributed by atoms with Crippen molar-refractivity contribution in [1.82, 2.24) is 20.9 Å². The number of carbonyl (C=O) groups is 3. The molecule has 2 rings (SSSR count). The Morgan fingerprint density at radius 2 is 2.33 bits per heavy atom. The first-order chi connectivity index (χ1) is 10.2. The molecular weight excluding hydrogens is 272 g/mol. The average Bonchev–Trinajstić information content (AvgIpc) is 2.64. The second-order valence-corrected chi connectivity index (χ2v) is 5.04. The Balaban J connectivity index is 1.91. The fraction of sp³-hybridized carbons (Fsp3) is 0.500. The van der Waals surface area contributed by atoms with Gasteiger partial charge in [0.25, 0.3) is 0 Å². The molecule has 2 aliphatic rings. The molecule has 1 atom stereocenters. The molecule has 0 bridgehead atoms. The molecule has 0 spiro atoms. The molecule has 0 aromatic rings. The Bertz CT molecular complexity index is 473. The molecule has 1 saturated heterocycles. The van der Waals surface area contributed by atoms with Crippen molar-refractivity contribution in [3.05, 3.63) is 24.0 Å². The molecule has 2 heterocycles. The second-order valence-electron chi connectivity index (χ2n) is 5.04. The SMILES string of the molecule is O=CN[C@H]1CCCCN(CC(=O)NC2=CCNC=C2)C1=O. The smallest absolute Gasteiger partial charge is 0.245 e. The van der Waals surface area contributed by atoms with Crippen molar-refractivity contribution in [1.29, 1.82) is 0 Å². The Morgan fingerprint density at radius 3 is 3.05 bits per heavy atom. The molecule has 3 amide bonds. The van der Waals surface area contributed by atoms with Crippen LogP contribution in [0.2, 0.25) is 0 Å². The molecule has 7 nitrogen and oxygen atoms in total. The largest absolute Gasteiger partial charge is 0.387 e. The minimum absolute atomic E-state index is 0.00841. The van der Waals surface area contributed by atoms with E-state index in [0.717, 1.165) is 18.5 Å². The van der Waals surface area contributed by atoms with E-state index >= 15 is 0 Å². The van der Waals surface area contributed by atoms with E-state index in [2.05, 4.69) is 16.0 Å². The number of allylic oxidation sites excluding steroid dienone is 1. The summed E-state index contributed by atoms with van der Waals surface area (Å²) >= 11 is 0. The van der Waals surface area contributed by atoms with Crippen molar-refractivity contribution in [2.75, 3.05) is 19.6 Å². The monoisotopic (exact) mass is 292 g/mol. The van der Waals surface area contributed by atoms with Crippen molar-refractivity contribution in [3.63, 3.8) is 0 Å². The maximum Gasteiger partial charge on any atom is 0.245 e. The van der Waals surface area contributed by atoms with Gasteiger partial charge in [-0.2, -0.15) is 0 Å². The van der Waals surface area contributed by atoms with Crippen LogP contribution in [0.15, 0.2) is 24.0 Å². The number of hydrogen-bond acceptors (Lipinski definition) is 4. The molecule has 0 aromatic heterocycles. The van der Waals surface area contributed by atoms with E-state index in [0.29, 0.717) is 25.9 Å². The number of amides is 3. The Kier molecular flexibility index (Phi) is 5.36. The van der Waals surface area contributed by atoms with Crippen LogP contribution >= 0.6 is 0 Å². The van der Waals surface area contributed by atoms with Crippen LogP contribution < -0.4 is 16.0 Å². The first-order valence-corrected chi connectivity index (χ1v) is 7.09. The standard InChI is InChI=1S/C14H20N4O3/c19-10-16-12-3-1-2-8-18(14(12)21)9-13(20)17-11-4-6-15-7-5-11/h4-6,10,12,15H,1-3,7-9H2,(H,16,19)(H,17,20)/t12-/m0/s1. The quantitative estimate of drug-likeness (QED) is 0.580. The van der Waals surface area contributed by atoms with E-state index in [9.17, 15) is 14.4 Å². The van der Waals surface area contributed by atoms with Gasteiger partial charge >= 0.3 is 0 Å². The summed E-state index contributed by atoms with van der Waals surface area (Å²) < 4.78 is 0. The summed E-state index contributed by atoms with van der Waals surface area (Å²) in [5.41, 5.74) is 0.726. The topological polar surface area (TPSA) is 90.5 Å². The highest BCUT2D eigenvalue weighted by Gasteiger charge is 2.27. The molecule has 0 saturated carbocycles. The van der Waals surface area contributed by atoms with Crippen LogP contribution in [0.5, 0.6) is 0 Å². The molecule has 114 valence electrons. The highest BCUT2D eigenvalue weighted by atomic mass is 16.2. The third-order valence-electron chi connectivity index (χ3n) is 3.49. The van der Waals surface area contributed by atoms with E-state index in [4.69, 9.17) is 0 Å². The fourth-order valence-electron chi connectivity index (χ4n) is 2.42. The summed E-state index contributed by atoms with van der Waals surface area (Å²) in [6, 6.07) is -0.518. The molecule has 0 unspecified atom stereocenters. The summed E-state index contributed by atoms with van der Waals surface area (Å²) in [4.78, 5) is 36.3. The molecule has 0 aliphatic carbocycles. The van der Waals surface area contributed by atoms with Gasteiger partial charge in [-0.3, -0.25) is 14.4 Å². The van der Waals surface area contributed by atoms with Crippen LogP contribution in [0, 0.1) is 0 Å². The van der Waals surface area contributed by atoms with Gasteiger partial charge in [-0.05, 0) is 37.6 Å². The van der Waals surface area contributed by atoms with Crippen molar-refractivity contribution in [3.8, 4) is 0 Å². The zero-order chi connectivity index (χ0) is 15.1. The van der Waals surface area contributed by atoms with Gasteiger partial charge in [0.1, 0.15) is 6.04 Å². The van der Waals surface area contributed by atoms with Crippen LogP contribution in [-0.2, 0) is 14.4 Å². The van der Waals surface area contributed by atoms with Gasteiger partial charge < -0.3 is 20.9 Å². The fourth-order valence-corrected chi connectivity index (χ4v) is 2.42. The summed E-state index contributed by atoms with van der Waals surface area (Å²) in [6.45, 7) is 1.22. The summed E-state index contributed by atoms with van der Waals surface area (Å²) in [6.07, 6.45) is 8.24. The molecule has 0 radical (unpaired) electrons. The first kappa shape index (κ1) is 15.1. The lowest BCUT2D eigenvalue weighted by Crippen LogP contribution is -2.48. The van der Waals surface area contributed by atoms with Crippen LogP contribution in [0.4, 0.5) is 0 Å². The third kappa shape index (κ3) is 4.34. The van der Waals surface area contributed by atoms with Gasteiger partial charge in [-0.1, -0.05) is 0 Å². The van der Waals surface area contributed by atoms with Crippen LogP contribution in [-0.4, -0.2) is 48.8 Å².